The van der Waals surface area contributed by atoms with Crippen LogP contribution in [0, 0.1) is 5.92 Å². The Bertz CT molecular complexity index is 1040. The Hall–Kier alpha value is -3.88. The molecule has 0 bridgehead atoms. The normalized spacial score (nSPS) is 13.9. The molecule has 1 aliphatic carbocycles. The number of alkyl carbamates (subject to hydrolysis) is 1. The van der Waals surface area contributed by atoms with Crippen LogP contribution >= 0.6 is 0 Å². The molecular weight excluding hydrogens is 440 g/mol. The molecule has 9 nitrogen and oxygen atoms in total. The van der Waals surface area contributed by atoms with E-state index in [4.69, 9.17) is 4.74 Å². The molecule has 0 aromatic heterocycles. The van der Waals surface area contributed by atoms with E-state index in [1.54, 1.807) is 13.8 Å². The van der Waals surface area contributed by atoms with Crippen molar-refractivity contribution >= 4 is 23.9 Å². The number of aliphatic carboxylic acids is 1. The number of fused-ring (bicyclic) bond motifs is 3. The highest BCUT2D eigenvalue weighted by Gasteiger charge is 2.32. The fraction of sp³-hybridized carbons (Fsp3) is 0.360. The number of rotatable bonds is 9. The van der Waals surface area contributed by atoms with Crippen molar-refractivity contribution in [3.05, 3.63) is 59.7 Å². The van der Waals surface area contributed by atoms with Gasteiger partial charge < -0.3 is 25.2 Å². The van der Waals surface area contributed by atoms with Gasteiger partial charge in [0.05, 0.1) is 13.5 Å². The molecule has 2 atom stereocenters. The molecule has 0 saturated carbocycles. The summed E-state index contributed by atoms with van der Waals surface area (Å²) in [6.07, 6.45) is -1.33. The van der Waals surface area contributed by atoms with Gasteiger partial charge in [0.1, 0.15) is 18.7 Å². The molecule has 0 fully saturated rings. The van der Waals surface area contributed by atoms with Gasteiger partial charge in [0.15, 0.2) is 0 Å². The summed E-state index contributed by atoms with van der Waals surface area (Å²) in [5, 5.41) is 14.1. The van der Waals surface area contributed by atoms with Gasteiger partial charge in [-0.2, -0.15) is 0 Å². The number of carboxylic acid groups (broad SMARTS) is 1. The molecule has 34 heavy (non-hydrogen) atoms. The number of nitrogens with one attached hydrogen (secondary N) is 2. The molecule has 180 valence electrons. The fourth-order valence-corrected chi connectivity index (χ4v) is 4.01. The van der Waals surface area contributed by atoms with Crippen LogP contribution in [0.3, 0.4) is 0 Å². The maximum atomic E-state index is 12.7. The van der Waals surface area contributed by atoms with Gasteiger partial charge in [-0.1, -0.05) is 62.4 Å². The van der Waals surface area contributed by atoms with Crippen molar-refractivity contribution in [2.24, 2.45) is 5.92 Å². The Morgan fingerprint density at radius 3 is 2.00 bits per heavy atom. The van der Waals surface area contributed by atoms with Crippen molar-refractivity contribution < 1.29 is 33.8 Å². The van der Waals surface area contributed by atoms with Crippen molar-refractivity contribution in [2.75, 3.05) is 13.7 Å². The van der Waals surface area contributed by atoms with Gasteiger partial charge in [-0.25, -0.2) is 9.59 Å². The van der Waals surface area contributed by atoms with E-state index < -0.39 is 42.4 Å². The summed E-state index contributed by atoms with van der Waals surface area (Å²) in [7, 11) is 1.12. The molecule has 1 unspecified atom stereocenters. The summed E-state index contributed by atoms with van der Waals surface area (Å²) >= 11 is 0. The van der Waals surface area contributed by atoms with Gasteiger partial charge in [0.2, 0.25) is 5.91 Å². The molecule has 0 spiro atoms. The lowest BCUT2D eigenvalue weighted by Gasteiger charge is -2.24. The van der Waals surface area contributed by atoms with Crippen molar-refractivity contribution in [1.29, 1.82) is 0 Å². The van der Waals surface area contributed by atoms with Crippen LogP contribution < -0.4 is 10.6 Å². The van der Waals surface area contributed by atoms with Gasteiger partial charge in [-0.05, 0) is 28.2 Å². The van der Waals surface area contributed by atoms with Crippen LogP contribution in [-0.4, -0.2) is 54.8 Å². The molecule has 9 heteroatoms. The lowest BCUT2D eigenvalue weighted by molar-refractivity contribution is -0.149. The first-order valence-corrected chi connectivity index (χ1v) is 10.9. The molecule has 2 aromatic carbocycles. The number of methoxy groups -OCH3 is 1. The number of hydrogen-bond donors (Lipinski definition) is 3. The summed E-state index contributed by atoms with van der Waals surface area (Å²) in [5.41, 5.74) is 4.30. The topological polar surface area (TPSA) is 131 Å². The van der Waals surface area contributed by atoms with E-state index in [1.807, 2.05) is 48.5 Å². The fourth-order valence-electron chi connectivity index (χ4n) is 4.01. The van der Waals surface area contributed by atoms with Gasteiger partial charge >= 0.3 is 18.0 Å². The molecule has 0 saturated heterocycles. The number of ether oxygens (including phenoxy) is 2. The Balaban J connectivity index is 1.65. The summed E-state index contributed by atoms with van der Waals surface area (Å²) in [6.45, 7) is 3.47. The predicted octanol–water partition coefficient (Wildman–Crippen LogP) is 2.68. The Morgan fingerprint density at radius 1 is 0.941 bits per heavy atom. The summed E-state index contributed by atoms with van der Waals surface area (Å²) in [4.78, 5) is 48.1. The molecule has 3 N–H and O–H groups in total. The first-order valence-electron chi connectivity index (χ1n) is 10.9. The second kappa shape index (κ2) is 10.8. The van der Waals surface area contributed by atoms with Crippen molar-refractivity contribution in [2.45, 2.75) is 38.3 Å². The molecule has 0 aliphatic heterocycles. The maximum absolute atomic E-state index is 12.7. The van der Waals surface area contributed by atoms with E-state index in [9.17, 15) is 24.3 Å². The number of carbonyl (C=O) groups excluding carboxylic acids is 3. The second-order valence-corrected chi connectivity index (χ2v) is 8.37. The minimum Gasteiger partial charge on any atom is -0.480 e. The lowest BCUT2D eigenvalue weighted by Crippen LogP contribution is -2.54. The lowest BCUT2D eigenvalue weighted by atomic mass is 9.98. The van der Waals surface area contributed by atoms with Crippen molar-refractivity contribution in [1.82, 2.24) is 10.6 Å². The van der Waals surface area contributed by atoms with E-state index in [0.717, 1.165) is 29.4 Å². The zero-order chi connectivity index (χ0) is 24.8. The third-order valence-electron chi connectivity index (χ3n) is 5.78. The number of esters is 1. The molecule has 1 aliphatic rings. The Labute approximate surface area is 197 Å². The Morgan fingerprint density at radius 2 is 1.50 bits per heavy atom. The molecule has 2 amide bonds. The molecule has 2 aromatic rings. The van der Waals surface area contributed by atoms with Gasteiger partial charge in [-0.3, -0.25) is 9.59 Å². The average molecular weight is 469 g/mol. The quantitative estimate of drug-likeness (QED) is 0.482. The first-order chi connectivity index (χ1) is 16.2. The van der Waals surface area contributed by atoms with Crippen LogP contribution in [0.25, 0.3) is 11.1 Å². The van der Waals surface area contributed by atoms with Crippen LogP contribution in [0.5, 0.6) is 0 Å². The number of carbonyl (C=O) groups is 4. The summed E-state index contributed by atoms with van der Waals surface area (Å²) in [5.74, 6) is -3.41. The SMILES string of the molecule is COC(=O)C[C@H](NC(=O)C(NC(=O)OCC1c2ccccc2-c2ccccc21)C(C)C)C(=O)O. The van der Waals surface area contributed by atoms with E-state index in [-0.39, 0.29) is 18.4 Å². The van der Waals surface area contributed by atoms with E-state index in [0.29, 0.717) is 0 Å². The molecule has 3 rings (SSSR count). The predicted molar refractivity (Wildman–Crippen MR) is 123 cm³/mol. The van der Waals surface area contributed by atoms with Crippen molar-refractivity contribution in [3.63, 3.8) is 0 Å². The smallest absolute Gasteiger partial charge is 0.407 e. The second-order valence-electron chi connectivity index (χ2n) is 8.37. The molecular formula is C25H28N2O7. The van der Waals surface area contributed by atoms with Gasteiger partial charge in [0.25, 0.3) is 0 Å². The highest BCUT2D eigenvalue weighted by Crippen LogP contribution is 2.44. The van der Waals surface area contributed by atoms with E-state index in [2.05, 4.69) is 15.4 Å². The van der Waals surface area contributed by atoms with E-state index >= 15 is 0 Å². The van der Waals surface area contributed by atoms with Crippen LogP contribution in [0.4, 0.5) is 4.79 Å². The number of carboxylic acids is 1. The zero-order valence-corrected chi connectivity index (χ0v) is 19.2. The number of hydrogen-bond acceptors (Lipinski definition) is 6. The molecule has 0 radical (unpaired) electrons. The van der Waals surface area contributed by atoms with Crippen LogP contribution in [0.15, 0.2) is 48.5 Å². The monoisotopic (exact) mass is 468 g/mol. The third-order valence-corrected chi connectivity index (χ3v) is 5.78. The third kappa shape index (κ3) is 5.54. The summed E-state index contributed by atoms with van der Waals surface area (Å²) < 4.78 is 9.96. The minimum atomic E-state index is -1.48. The van der Waals surface area contributed by atoms with Crippen LogP contribution in [0.2, 0.25) is 0 Å². The largest absolute Gasteiger partial charge is 0.480 e. The maximum Gasteiger partial charge on any atom is 0.407 e. The van der Waals surface area contributed by atoms with E-state index in [1.165, 1.54) is 0 Å². The minimum absolute atomic E-state index is 0.0758. The highest BCUT2D eigenvalue weighted by molar-refractivity contribution is 5.91. The van der Waals surface area contributed by atoms with Gasteiger partial charge in [0, 0.05) is 5.92 Å². The average Bonchev–Trinajstić information content (AvgIpc) is 3.14. The first kappa shape index (κ1) is 24.8. The zero-order valence-electron chi connectivity index (χ0n) is 19.2. The number of benzene rings is 2. The molecule has 0 heterocycles. The van der Waals surface area contributed by atoms with Gasteiger partial charge in [-0.15, -0.1) is 0 Å². The van der Waals surface area contributed by atoms with Crippen LogP contribution in [0.1, 0.15) is 37.3 Å². The number of amides is 2. The standard InChI is InChI=1S/C25H28N2O7/c1-14(2)22(23(29)26-20(24(30)31)12-21(28)33-3)27-25(32)34-13-19-17-10-6-4-8-15(17)16-9-5-7-11-18(16)19/h4-11,14,19-20,22H,12-13H2,1-3H3,(H,26,29)(H,27,32)(H,30,31)/t20-,22?/m0/s1. The van der Waals surface area contributed by atoms with Crippen LogP contribution in [-0.2, 0) is 23.9 Å². The highest BCUT2D eigenvalue weighted by atomic mass is 16.5. The van der Waals surface area contributed by atoms with Crippen molar-refractivity contribution in [3.8, 4) is 11.1 Å². The summed E-state index contributed by atoms with van der Waals surface area (Å²) in [6, 6.07) is 13.3. The Kier molecular flexibility index (Phi) is 7.88.